The second-order valence-corrected chi connectivity index (χ2v) is 4.47. The largest absolute Gasteiger partial charge is 0.466 e. The molecule has 1 N–H and O–H groups in total. The lowest BCUT2D eigenvalue weighted by molar-refractivity contribution is -0.134. The highest BCUT2D eigenvalue weighted by Crippen LogP contribution is 2.11. The van der Waals surface area contributed by atoms with E-state index in [1.807, 2.05) is 19.9 Å². The standard InChI is InChI=1S/C14H16N4O3/c1-9-7-10(2)18-13(17-9)11(8-16-18)14(20)15-6-4-5-12(19)21-3/h4-5,7-8H,6H2,1-3H3,(H,15,20)/b5-4+. The molecular weight excluding hydrogens is 272 g/mol. The third-order valence-corrected chi connectivity index (χ3v) is 2.86. The molecule has 0 aliphatic heterocycles. The van der Waals surface area contributed by atoms with E-state index < -0.39 is 5.97 Å². The van der Waals surface area contributed by atoms with Crippen LogP contribution >= 0.6 is 0 Å². The van der Waals surface area contributed by atoms with E-state index in [2.05, 4.69) is 20.1 Å². The van der Waals surface area contributed by atoms with Gasteiger partial charge in [-0.15, -0.1) is 0 Å². The number of nitrogens with one attached hydrogen (secondary N) is 1. The van der Waals surface area contributed by atoms with Crippen molar-refractivity contribution < 1.29 is 14.3 Å². The number of carbonyl (C=O) groups excluding carboxylic acids is 2. The van der Waals surface area contributed by atoms with Crippen LogP contribution in [-0.2, 0) is 9.53 Å². The highest BCUT2D eigenvalue weighted by Gasteiger charge is 2.14. The van der Waals surface area contributed by atoms with Crippen LogP contribution in [0, 0.1) is 13.8 Å². The van der Waals surface area contributed by atoms with Crippen molar-refractivity contribution >= 4 is 17.5 Å². The summed E-state index contributed by atoms with van der Waals surface area (Å²) in [5.74, 6) is -0.759. The van der Waals surface area contributed by atoms with Gasteiger partial charge >= 0.3 is 5.97 Å². The molecule has 0 fully saturated rings. The molecule has 21 heavy (non-hydrogen) atoms. The number of esters is 1. The normalized spacial score (nSPS) is 11.0. The van der Waals surface area contributed by atoms with Crippen LogP contribution in [0.25, 0.3) is 5.65 Å². The fraction of sp³-hybridized carbons (Fsp3) is 0.286. The van der Waals surface area contributed by atoms with Gasteiger partial charge in [-0.25, -0.2) is 14.3 Å². The molecule has 7 heteroatoms. The molecule has 2 rings (SSSR count). The number of aryl methyl sites for hydroxylation is 2. The predicted molar refractivity (Wildman–Crippen MR) is 76.0 cm³/mol. The Hall–Kier alpha value is -2.70. The number of aromatic nitrogens is 3. The fourth-order valence-corrected chi connectivity index (χ4v) is 1.90. The SMILES string of the molecule is COC(=O)/C=C/CNC(=O)c1cnn2c(C)cc(C)nc12. The molecule has 0 spiro atoms. The van der Waals surface area contributed by atoms with Gasteiger partial charge in [0.15, 0.2) is 5.65 Å². The lowest BCUT2D eigenvalue weighted by atomic mass is 10.3. The van der Waals surface area contributed by atoms with E-state index >= 15 is 0 Å². The third-order valence-electron chi connectivity index (χ3n) is 2.86. The number of ether oxygens (including phenoxy) is 1. The number of carbonyl (C=O) groups is 2. The molecule has 2 heterocycles. The second kappa shape index (κ2) is 6.17. The van der Waals surface area contributed by atoms with Crippen molar-refractivity contribution in [2.24, 2.45) is 0 Å². The average Bonchev–Trinajstić information content (AvgIpc) is 2.87. The summed E-state index contributed by atoms with van der Waals surface area (Å²) in [6.07, 6.45) is 4.25. The topological polar surface area (TPSA) is 85.6 Å². The van der Waals surface area contributed by atoms with Gasteiger partial charge in [0.2, 0.25) is 0 Å². The molecule has 1 amide bonds. The van der Waals surface area contributed by atoms with Gasteiger partial charge in [-0.3, -0.25) is 4.79 Å². The molecule has 110 valence electrons. The van der Waals surface area contributed by atoms with E-state index in [-0.39, 0.29) is 12.5 Å². The van der Waals surface area contributed by atoms with E-state index in [4.69, 9.17) is 0 Å². The molecule has 0 atom stereocenters. The molecule has 0 unspecified atom stereocenters. The molecular formula is C14H16N4O3. The van der Waals surface area contributed by atoms with Crippen molar-refractivity contribution in [1.29, 1.82) is 0 Å². The summed E-state index contributed by atoms with van der Waals surface area (Å²) < 4.78 is 6.07. The summed E-state index contributed by atoms with van der Waals surface area (Å²) in [5.41, 5.74) is 2.64. The van der Waals surface area contributed by atoms with Crippen LogP contribution in [0.5, 0.6) is 0 Å². The van der Waals surface area contributed by atoms with Crippen LogP contribution in [0.2, 0.25) is 0 Å². The second-order valence-electron chi connectivity index (χ2n) is 4.47. The van der Waals surface area contributed by atoms with Gasteiger partial charge in [0.25, 0.3) is 5.91 Å². The summed E-state index contributed by atoms with van der Waals surface area (Å²) in [5, 5.41) is 6.82. The number of amides is 1. The number of rotatable bonds is 4. The van der Waals surface area contributed by atoms with Crippen molar-refractivity contribution in [3.63, 3.8) is 0 Å². The maximum Gasteiger partial charge on any atom is 0.330 e. The molecule has 2 aromatic heterocycles. The zero-order chi connectivity index (χ0) is 15.4. The smallest absolute Gasteiger partial charge is 0.330 e. The van der Waals surface area contributed by atoms with Crippen molar-refractivity contribution in [3.8, 4) is 0 Å². The number of methoxy groups -OCH3 is 1. The van der Waals surface area contributed by atoms with E-state index in [0.29, 0.717) is 11.2 Å². The molecule has 0 aromatic carbocycles. The van der Waals surface area contributed by atoms with Gasteiger partial charge in [-0.2, -0.15) is 5.10 Å². The lowest BCUT2D eigenvalue weighted by Gasteiger charge is -2.03. The maximum atomic E-state index is 12.1. The van der Waals surface area contributed by atoms with E-state index in [1.54, 1.807) is 4.52 Å². The Morgan fingerprint density at radius 3 is 2.90 bits per heavy atom. The van der Waals surface area contributed by atoms with Crippen molar-refractivity contribution in [2.75, 3.05) is 13.7 Å². The summed E-state index contributed by atoms with van der Waals surface area (Å²) in [4.78, 5) is 27.3. The van der Waals surface area contributed by atoms with Crippen LogP contribution in [0.4, 0.5) is 0 Å². The van der Waals surface area contributed by atoms with E-state index in [0.717, 1.165) is 11.4 Å². The highest BCUT2D eigenvalue weighted by molar-refractivity contribution is 5.99. The van der Waals surface area contributed by atoms with Crippen LogP contribution in [0.3, 0.4) is 0 Å². The molecule has 0 radical (unpaired) electrons. The first kappa shape index (κ1) is 14.7. The van der Waals surface area contributed by atoms with Crippen molar-refractivity contribution in [1.82, 2.24) is 19.9 Å². The maximum absolute atomic E-state index is 12.1. The summed E-state index contributed by atoms with van der Waals surface area (Å²) in [6, 6.07) is 1.89. The van der Waals surface area contributed by atoms with Gasteiger partial charge in [-0.1, -0.05) is 6.08 Å². The monoisotopic (exact) mass is 288 g/mol. The van der Waals surface area contributed by atoms with Gasteiger partial charge < -0.3 is 10.1 Å². The number of hydrogen-bond acceptors (Lipinski definition) is 5. The minimum atomic E-state index is -0.465. The van der Waals surface area contributed by atoms with Crippen LogP contribution in [0.1, 0.15) is 21.7 Å². The summed E-state index contributed by atoms with van der Waals surface area (Å²) >= 11 is 0. The lowest BCUT2D eigenvalue weighted by Crippen LogP contribution is -2.23. The Balaban J connectivity index is 2.13. The Morgan fingerprint density at radius 2 is 2.19 bits per heavy atom. The first-order chi connectivity index (χ1) is 10.0. The first-order valence-corrected chi connectivity index (χ1v) is 6.37. The molecule has 7 nitrogen and oxygen atoms in total. The molecule has 0 aliphatic carbocycles. The summed E-state index contributed by atoms with van der Waals surface area (Å²) in [6.45, 7) is 3.98. The number of fused-ring (bicyclic) bond motifs is 1. The minimum Gasteiger partial charge on any atom is -0.466 e. The van der Waals surface area contributed by atoms with Gasteiger partial charge in [0.05, 0.1) is 13.3 Å². The molecule has 2 aromatic rings. The predicted octanol–water partition coefficient (Wildman–Crippen LogP) is 0.805. The minimum absolute atomic E-state index is 0.218. The van der Waals surface area contributed by atoms with Crippen molar-refractivity contribution in [2.45, 2.75) is 13.8 Å². The zero-order valence-electron chi connectivity index (χ0n) is 12.1. The van der Waals surface area contributed by atoms with E-state index in [1.165, 1.54) is 25.5 Å². The number of nitrogens with zero attached hydrogens (tertiary/aromatic N) is 3. The first-order valence-electron chi connectivity index (χ1n) is 6.37. The zero-order valence-corrected chi connectivity index (χ0v) is 12.1. The summed E-state index contributed by atoms with van der Waals surface area (Å²) in [7, 11) is 1.29. The van der Waals surface area contributed by atoms with Crippen molar-refractivity contribution in [3.05, 3.63) is 41.4 Å². The third kappa shape index (κ3) is 3.25. The highest BCUT2D eigenvalue weighted by atomic mass is 16.5. The average molecular weight is 288 g/mol. The number of hydrogen-bond donors (Lipinski definition) is 1. The molecule has 0 aliphatic rings. The Labute approximate surface area is 121 Å². The van der Waals surface area contributed by atoms with Gasteiger partial charge in [0, 0.05) is 24.0 Å². The van der Waals surface area contributed by atoms with Crippen LogP contribution in [-0.4, -0.2) is 40.1 Å². The van der Waals surface area contributed by atoms with Crippen LogP contribution < -0.4 is 5.32 Å². The van der Waals surface area contributed by atoms with Gasteiger partial charge in [-0.05, 0) is 19.9 Å². The molecule has 0 bridgehead atoms. The fourth-order valence-electron chi connectivity index (χ4n) is 1.90. The Bertz CT molecular complexity index is 718. The van der Waals surface area contributed by atoms with E-state index in [9.17, 15) is 9.59 Å². The molecule has 0 saturated heterocycles. The van der Waals surface area contributed by atoms with Gasteiger partial charge in [0.1, 0.15) is 5.56 Å². The van der Waals surface area contributed by atoms with Crippen LogP contribution in [0.15, 0.2) is 24.4 Å². The molecule has 0 saturated carbocycles. The quantitative estimate of drug-likeness (QED) is 0.664. The Morgan fingerprint density at radius 1 is 1.43 bits per heavy atom. The Kier molecular flexibility index (Phi) is 4.32.